The molecule has 0 saturated heterocycles. The monoisotopic (exact) mass is 221 g/mol. The lowest BCUT2D eigenvalue weighted by Crippen LogP contribution is -2.30. The Bertz CT molecular complexity index is 343. The second kappa shape index (κ2) is 5.25. The molecule has 0 bridgehead atoms. The SMILES string of the molecule is Cc1ccnc(NCC2CCCCC2O)n1. The van der Waals surface area contributed by atoms with E-state index in [1.165, 1.54) is 6.42 Å². The molecule has 2 unspecified atom stereocenters. The van der Waals surface area contributed by atoms with Gasteiger partial charge in [-0.25, -0.2) is 9.97 Å². The van der Waals surface area contributed by atoms with Crippen LogP contribution in [0.25, 0.3) is 0 Å². The van der Waals surface area contributed by atoms with E-state index in [1.807, 2.05) is 13.0 Å². The van der Waals surface area contributed by atoms with Crippen molar-refractivity contribution in [3.05, 3.63) is 18.0 Å². The van der Waals surface area contributed by atoms with Gasteiger partial charge in [0.25, 0.3) is 0 Å². The Morgan fingerprint density at radius 2 is 2.25 bits per heavy atom. The first kappa shape index (κ1) is 11.3. The first-order chi connectivity index (χ1) is 7.75. The summed E-state index contributed by atoms with van der Waals surface area (Å²) >= 11 is 0. The number of aryl methyl sites for hydroxylation is 1. The Morgan fingerprint density at radius 1 is 1.44 bits per heavy atom. The minimum atomic E-state index is -0.161. The van der Waals surface area contributed by atoms with Gasteiger partial charge >= 0.3 is 0 Å². The van der Waals surface area contributed by atoms with Crippen molar-refractivity contribution < 1.29 is 5.11 Å². The quantitative estimate of drug-likeness (QED) is 0.816. The van der Waals surface area contributed by atoms with E-state index in [0.29, 0.717) is 11.9 Å². The summed E-state index contributed by atoms with van der Waals surface area (Å²) < 4.78 is 0. The third-order valence-electron chi connectivity index (χ3n) is 3.19. The number of nitrogens with one attached hydrogen (secondary N) is 1. The summed E-state index contributed by atoms with van der Waals surface area (Å²) in [6.45, 7) is 2.72. The Balaban J connectivity index is 1.86. The Labute approximate surface area is 96.1 Å². The van der Waals surface area contributed by atoms with Gasteiger partial charge in [0.15, 0.2) is 0 Å². The molecule has 0 radical (unpaired) electrons. The molecular formula is C12H19N3O. The van der Waals surface area contributed by atoms with Gasteiger partial charge < -0.3 is 10.4 Å². The summed E-state index contributed by atoms with van der Waals surface area (Å²) in [5.41, 5.74) is 0.960. The normalized spacial score (nSPS) is 25.4. The number of aromatic nitrogens is 2. The molecule has 0 amide bonds. The van der Waals surface area contributed by atoms with Crippen LogP contribution in [0.15, 0.2) is 12.3 Å². The maximum absolute atomic E-state index is 9.82. The van der Waals surface area contributed by atoms with Gasteiger partial charge in [0.1, 0.15) is 0 Å². The summed E-state index contributed by atoms with van der Waals surface area (Å²) in [4.78, 5) is 8.42. The van der Waals surface area contributed by atoms with Crippen molar-refractivity contribution in [3.63, 3.8) is 0 Å². The summed E-state index contributed by atoms with van der Waals surface area (Å²) in [7, 11) is 0. The van der Waals surface area contributed by atoms with Crippen molar-refractivity contribution in [2.75, 3.05) is 11.9 Å². The topological polar surface area (TPSA) is 58.0 Å². The molecule has 0 aliphatic heterocycles. The van der Waals surface area contributed by atoms with Crippen molar-refractivity contribution in [3.8, 4) is 0 Å². The number of anilines is 1. The molecule has 1 fully saturated rings. The number of hydrogen-bond acceptors (Lipinski definition) is 4. The highest BCUT2D eigenvalue weighted by Gasteiger charge is 2.22. The van der Waals surface area contributed by atoms with Crippen molar-refractivity contribution in [1.29, 1.82) is 0 Å². The van der Waals surface area contributed by atoms with Crippen LogP contribution in [0.3, 0.4) is 0 Å². The van der Waals surface area contributed by atoms with Crippen LogP contribution in [0.2, 0.25) is 0 Å². The third kappa shape index (κ3) is 2.92. The lowest BCUT2D eigenvalue weighted by molar-refractivity contribution is 0.0762. The fourth-order valence-electron chi connectivity index (χ4n) is 2.18. The first-order valence-corrected chi connectivity index (χ1v) is 5.97. The molecule has 0 spiro atoms. The van der Waals surface area contributed by atoms with Crippen molar-refractivity contribution in [1.82, 2.24) is 9.97 Å². The molecule has 1 aromatic rings. The van der Waals surface area contributed by atoms with Crippen LogP contribution in [0, 0.1) is 12.8 Å². The fourth-order valence-corrected chi connectivity index (χ4v) is 2.18. The average Bonchev–Trinajstić information content (AvgIpc) is 2.28. The lowest BCUT2D eigenvalue weighted by Gasteiger charge is -2.27. The largest absolute Gasteiger partial charge is 0.393 e. The maximum atomic E-state index is 9.82. The molecule has 2 atom stereocenters. The second-order valence-corrected chi connectivity index (χ2v) is 4.51. The van der Waals surface area contributed by atoms with Crippen LogP contribution in [0.4, 0.5) is 5.95 Å². The van der Waals surface area contributed by atoms with Gasteiger partial charge in [-0.2, -0.15) is 0 Å². The van der Waals surface area contributed by atoms with E-state index in [0.717, 1.165) is 31.5 Å². The van der Waals surface area contributed by atoms with E-state index >= 15 is 0 Å². The van der Waals surface area contributed by atoms with Gasteiger partial charge in [0.05, 0.1) is 6.10 Å². The zero-order valence-electron chi connectivity index (χ0n) is 9.69. The molecule has 1 aliphatic rings. The highest BCUT2D eigenvalue weighted by atomic mass is 16.3. The van der Waals surface area contributed by atoms with Crippen LogP contribution in [-0.4, -0.2) is 27.7 Å². The van der Waals surface area contributed by atoms with Crippen molar-refractivity contribution in [2.45, 2.75) is 38.7 Å². The average molecular weight is 221 g/mol. The standard InChI is InChI=1S/C12H19N3O/c1-9-6-7-13-12(15-9)14-8-10-4-2-3-5-11(10)16/h6-7,10-11,16H,2-5,8H2,1H3,(H,13,14,15). The van der Waals surface area contributed by atoms with E-state index in [4.69, 9.17) is 0 Å². The number of aliphatic hydroxyl groups is 1. The second-order valence-electron chi connectivity index (χ2n) is 4.51. The zero-order valence-corrected chi connectivity index (χ0v) is 9.69. The molecule has 1 saturated carbocycles. The number of hydrogen-bond donors (Lipinski definition) is 2. The predicted molar refractivity (Wildman–Crippen MR) is 63.2 cm³/mol. The number of aliphatic hydroxyl groups excluding tert-OH is 1. The minimum Gasteiger partial charge on any atom is -0.393 e. The van der Waals surface area contributed by atoms with Crippen LogP contribution >= 0.6 is 0 Å². The van der Waals surface area contributed by atoms with Gasteiger partial charge in [-0.3, -0.25) is 0 Å². The fraction of sp³-hybridized carbons (Fsp3) is 0.667. The zero-order chi connectivity index (χ0) is 11.4. The van der Waals surface area contributed by atoms with Gasteiger partial charge in [0, 0.05) is 24.4 Å². The number of nitrogens with zero attached hydrogens (tertiary/aromatic N) is 2. The highest BCUT2D eigenvalue weighted by Crippen LogP contribution is 2.24. The first-order valence-electron chi connectivity index (χ1n) is 5.97. The number of rotatable bonds is 3. The molecule has 2 N–H and O–H groups in total. The molecule has 1 aliphatic carbocycles. The summed E-state index contributed by atoms with van der Waals surface area (Å²) in [6.07, 6.45) is 5.99. The summed E-state index contributed by atoms with van der Waals surface area (Å²) in [5.74, 6) is 1.01. The van der Waals surface area contributed by atoms with E-state index in [2.05, 4.69) is 15.3 Å². The smallest absolute Gasteiger partial charge is 0.222 e. The highest BCUT2D eigenvalue weighted by molar-refractivity contribution is 5.24. The van der Waals surface area contributed by atoms with E-state index < -0.39 is 0 Å². The van der Waals surface area contributed by atoms with E-state index in [-0.39, 0.29) is 6.10 Å². The molecular weight excluding hydrogens is 202 g/mol. The molecule has 1 heterocycles. The van der Waals surface area contributed by atoms with Crippen molar-refractivity contribution in [2.24, 2.45) is 5.92 Å². The van der Waals surface area contributed by atoms with E-state index in [1.54, 1.807) is 6.20 Å². The lowest BCUT2D eigenvalue weighted by atomic mass is 9.86. The Morgan fingerprint density at radius 3 is 3.00 bits per heavy atom. The van der Waals surface area contributed by atoms with Crippen molar-refractivity contribution >= 4 is 5.95 Å². The molecule has 1 aromatic heterocycles. The van der Waals surface area contributed by atoms with Gasteiger partial charge in [-0.1, -0.05) is 12.8 Å². The van der Waals surface area contributed by atoms with Crippen LogP contribution in [0.5, 0.6) is 0 Å². The molecule has 88 valence electrons. The Kier molecular flexibility index (Phi) is 3.72. The van der Waals surface area contributed by atoms with Gasteiger partial charge in [-0.05, 0) is 25.8 Å². The van der Waals surface area contributed by atoms with Gasteiger partial charge in [-0.15, -0.1) is 0 Å². The Hall–Kier alpha value is -1.16. The van der Waals surface area contributed by atoms with Crippen LogP contribution in [0.1, 0.15) is 31.4 Å². The van der Waals surface area contributed by atoms with E-state index in [9.17, 15) is 5.11 Å². The molecule has 0 aromatic carbocycles. The molecule has 16 heavy (non-hydrogen) atoms. The van der Waals surface area contributed by atoms with Crippen LogP contribution in [-0.2, 0) is 0 Å². The minimum absolute atomic E-state index is 0.161. The predicted octanol–water partition coefficient (Wildman–Crippen LogP) is 1.75. The molecule has 4 nitrogen and oxygen atoms in total. The third-order valence-corrected chi connectivity index (χ3v) is 3.19. The molecule has 4 heteroatoms. The van der Waals surface area contributed by atoms with Crippen LogP contribution < -0.4 is 5.32 Å². The maximum Gasteiger partial charge on any atom is 0.222 e. The van der Waals surface area contributed by atoms with Gasteiger partial charge in [0.2, 0.25) is 5.95 Å². The molecule has 2 rings (SSSR count). The summed E-state index contributed by atoms with van der Waals surface area (Å²) in [6, 6.07) is 1.88. The summed E-state index contributed by atoms with van der Waals surface area (Å²) in [5, 5.41) is 13.0.